The van der Waals surface area contributed by atoms with Gasteiger partial charge in [-0.3, -0.25) is 0 Å². The molecule has 0 saturated heterocycles. The predicted molar refractivity (Wildman–Crippen MR) is 52.6 cm³/mol. The highest BCUT2D eigenvalue weighted by molar-refractivity contribution is 6.58. The molecule has 0 bridgehead atoms. The van der Waals surface area contributed by atoms with Gasteiger partial charge < -0.3 is 4.74 Å². The molecule has 2 heteroatoms. The van der Waals surface area contributed by atoms with Crippen molar-refractivity contribution in [3.05, 3.63) is 0 Å². The summed E-state index contributed by atoms with van der Waals surface area (Å²) < 4.78 is 5.30. The first kappa shape index (κ1) is 11.5. The Balaban J connectivity index is 3.07. The summed E-state index contributed by atoms with van der Waals surface area (Å²) in [7, 11) is 0. The summed E-state index contributed by atoms with van der Waals surface area (Å²) >= 11 is -0.315. The van der Waals surface area contributed by atoms with E-state index in [0.717, 1.165) is 13.2 Å². The van der Waals surface area contributed by atoms with E-state index in [1.807, 2.05) is 0 Å². The van der Waals surface area contributed by atoms with Crippen molar-refractivity contribution in [3.8, 4) is 0 Å². The summed E-state index contributed by atoms with van der Waals surface area (Å²) in [6.07, 6.45) is 1.30. The van der Waals surface area contributed by atoms with Gasteiger partial charge in [0.05, 0.1) is 0 Å². The quantitative estimate of drug-likeness (QED) is 0.424. The first-order valence-corrected chi connectivity index (χ1v) is 7.37. The summed E-state index contributed by atoms with van der Waals surface area (Å²) in [5.41, 5.74) is 0. The SMILES string of the molecule is CCOCC[CH2][Al]([CH2]C)[CH2]C. The lowest BCUT2D eigenvalue weighted by atomic mass is 10.5. The van der Waals surface area contributed by atoms with Crippen LogP contribution in [-0.4, -0.2) is 27.4 Å². The number of hydrogen-bond acceptors (Lipinski definition) is 1. The van der Waals surface area contributed by atoms with Gasteiger partial charge in [0.1, 0.15) is 0 Å². The van der Waals surface area contributed by atoms with Crippen LogP contribution in [0.2, 0.25) is 15.8 Å². The van der Waals surface area contributed by atoms with E-state index in [4.69, 9.17) is 4.74 Å². The van der Waals surface area contributed by atoms with Crippen molar-refractivity contribution in [3.63, 3.8) is 0 Å². The topological polar surface area (TPSA) is 9.23 Å². The molecule has 0 heterocycles. The molecule has 1 nitrogen and oxygen atoms in total. The van der Waals surface area contributed by atoms with Crippen LogP contribution in [0.3, 0.4) is 0 Å². The van der Waals surface area contributed by atoms with E-state index in [2.05, 4.69) is 20.8 Å². The lowest BCUT2D eigenvalue weighted by Crippen LogP contribution is -2.09. The monoisotopic (exact) mass is 172 g/mol. The highest BCUT2D eigenvalue weighted by atomic mass is 27.2. The van der Waals surface area contributed by atoms with Gasteiger partial charge >= 0.3 is 0 Å². The summed E-state index contributed by atoms with van der Waals surface area (Å²) in [5.74, 6) is 0. The lowest BCUT2D eigenvalue weighted by molar-refractivity contribution is 0.148. The molecule has 0 unspecified atom stereocenters. The van der Waals surface area contributed by atoms with Gasteiger partial charge in [0.2, 0.25) is 0 Å². The van der Waals surface area contributed by atoms with Gasteiger partial charge in [-0.15, -0.1) is 0 Å². The molecule has 0 atom stereocenters. The molecule has 0 radical (unpaired) electrons. The zero-order valence-corrected chi connectivity index (χ0v) is 9.38. The van der Waals surface area contributed by atoms with Crippen LogP contribution in [0.15, 0.2) is 0 Å². The summed E-state index contributed by atoms with van der Waals surface area (Å²) in [6, 6.07) is 0. The molecule has 0 aliphatic carbocycles. The van der Waals surface area contributed by atoms with Crippen molar-refractivity contribution in [2.45, 2.75) is 43.0 Å². The maximum atomic E-state index is 5.30. The van der Waals surface area contributed by atoms with Crippen molar-refractivity contribution < 1.29 is 4.74 Å². The fraction of sp³-hybridized carbons (Fsp3) is 1.00. The molecule has 0 fully saturated rings. The third-order valence-corrected chi connectivity index (χ3v) is 5.79. The fourth-order valence-electron chi connectivity index (χ4n) is 1.32. The molecule has 66 valence electrons. The van der Waals surface area contributed by atoms with Crippen LogP contribution in [0.25, 0.3) is 0 Å². The maximum Gasteiger partial charge on any atom is 0.261 e. The molecule has 0 aromatic heterocycles. The van der Waals surface area contributed by atoms with Crippen molar-refractivity contribution in [1.82, 2.24) is 0 Å². The lowest BCUT2D eigenvalue weighted by Gasteiger charge is -2.05. The van der Waals surface area contributed by atoms with Gasteiger partial charge in [-0.25, -0.2) is 0 Å². The molecule has 0 spiro atoms. The second kappa shape index (κ2) is 8.59. The Morgan fingerprint density at radius 2 is 1.73 bits per heavy atom. The second-order valence-electron chi connectivity index (χ2n) is 3.02. The Morgan fingerprint density at radius 3 is 2.18 bits per heavy atom. The third kappa shape index (κ3) is 6.87. The number of rotatable bonds is 7. The van der Waals surface area contributed by atoms with E-state index in [1.165, 1.54) is 22.3 Å². The highest BCUT2D eigenvalue weighted by Crippen LogP contribution is 2.07. The van der Waals surface area contributed by atoms with Gasteiger partial charge in [0.15, 0.2) is 0 Å². The van der Waals surface area contributed by atoms with E-state index in [1.54, 1.807) is 0 Å². The summed E-state index contributed by atoms with van der Waals surface area (Å²) in [4.78, 5) is 0. The highest BCUT2D eigenvalue weighted by Gasteiger charge is 2.09. The standard InChI is InChI=1S/C5H11O.2C2H5.Al/c1-3-5-6-4-2;2*1-2;/h1,3-5H2,2H3;2*1H2,2H3;. The van der Waals surface area contributed by atoms with Crippen molar-refractivity contribution >= 4 is 14.1 Å². The average molecular weight is 172 g/mol. The minimum atomic E-state index is -0.315. The average Bonchev–Trinajstić information content (AvgIpc) is 2.05. The van der Waals surface area contributed by atoms with Crippen molar-refractivity contribution in [2.24, 2.45) is 0 Å². The Morgan fingerprint density at radius 1 is 1.09 bits per heavy atom. The normalized spacial score (nSPS) is 10.1. The first-order chi connectivity index (χ1) is 5.35. The maximum absolute atomic E-state index is 5.30. The largest absolute Gasteiger partial charge is 0.382 e. The smallest absolute Gasteiger partial charge is 0.261 e. The Bertz CT molecular complexity index is 72.0. The summed E-state index contributed by atoms with van der Waals surface area (Å²) in [5, 5.41) is 4.40. The molecule has 0 aromatic rings. The second-order valence-corrected chi connectivity index (χ2v) is 6.96. The molecular weight excluding hydrogens is 151 g/mol. The zero-order chi connectivity index (χ0) is 8.53. The van der Waals surface area contributed by atoms with Crippen LogP contribution < -0.4 is 0 Å². The fourth-order valence-corrected chi connectivity index (χ4v) is 3.45. The van der Waals surface area contributed by atoms with Crippen LogP contribution >= 0.6 is 0 Å². The minimum Gasteiger partial charge on any atom is -0.382 e. The van der Waals surface area contributed by atoms with Gasteiger partial charge in [-0.1, -0.05) is 29.7 Å². The van der Waals surface area contributed by atoms with Gasteiger partial charge in [-0.05, 0) is 13.3 Å². The van der Waals surface area contributed by atoms with Crippen LogP contribution in [-0.2, 0) is 4.74 Å². The number of ether oxygens (including phenoxy) is 1. The zero-order valence-electron chi connectivity index (χ0n) is 8.23. The predicted octanol–water partition coefficient (Wildman–Crippen LogP) is 2.95. The molecule has 11 heavy (non-hydrogen) atoms. The van der Waals surface area contributed by atoms with E-state index in [-0.39, 0.29) is 14.1 Å². The Labute approximate surface area is 75.5 Å². The van der Waals surface area contributed by atoms with Crippen LogP contribution in [0.4, 0.5) is 0 Å². The minimum absolute atomic E-state index is 0.315. The molecule has 0 aromatic carbocycles. The van der Waals surface area contributed by atoms with E-state index < -0.39 is 0 Å². The van der Waals surface area contributed by atoms with Crippen molar-refractivity contribution in [1.29, 1.82) is 0 Å². The number of hydrogen-bond donors (Lipinski definition) is 0. The molecule has 0 aliphatic rings. The molecule has 0 saturated carbocycles. The molecule has 0 aliphatic heterocycles. The van der Waals surface area contributed by atoms with Crippen LogP contribution in [0, 0.1) is 0 Å². The Kier molecular flexibility index (Phi) is 8.97. The van der Waals surface area contributed by atoms with Crippen LogP contribution in [0.5, 0.6) is 0 Å². The van der Waals surface area contributed by atoms with Crippen molar-refractivity contribution in [2.75, 3.05) is 13.2 Å². The van der Waals surface area contributed by atoms with E-state index >= 15 is 0 Å². The third-order valence-electron chi connectivity index (χ3n) is 2.26. The van der Waals surface area contributed by atoms with E-state index in [9.17, 15) is 0 Å². The van der Waals surface area contributed by atoms with Gasteiger partial charge in [-0.2, -0.15) is 0 Å². The molecule has 0 amide bonds. The van der Waals surface area contributed by atoms with Gasteiger partial charge in [0.25, 0.3) is 14.1 Å². The summed E-state index contributed by atoms with van der Waals surface area (Å²) in [6.45, 7) is 8.60. The van der Waals surface area contributed by atoms with Crippen LogP contribution in [0.1, 0.15) is 27.2 Å². The molecular formula is C9H21AlO. The Hall–Kier alpha value is 0.492. The first-order valence-electron chi connectivity index (χ1n) is 4.92. The molecule has 0 rings (SSSR count). The van der Waals surface area contributed by atoms with E-state index in [0.29, 0.717) is 0 Å². The molecule has 0 N–H and O–H groups in total. The van der Waals surface area contributed by atoms with Gasteiger partial charge in [0, 0.05) is 13.2 Å².